The van der Waals surface area contributed by atoms with E-state index >= 15 is 0 Å². The van der Waals surface area contributed by atoms with E-state index in [1.54, 1.807) is 4.90 Å². The molecule has 4 heteroatoms. The van der Waals surface area contributed by atoms with Gasteiger partial charge in [0.05, 0.1) is 6.42 Å². The predicted molar refractivity (Wildman–Crippen MR) is 108 cm³/mol. The van der Waals surface area contributed by atoms with E-state index in [-0.39, 0.29) is 25.0 Å². The summed E-state index contributed by atoms with van der Waals surface area (Å²) in [5.41, 5.74) is 1.66. The quantitative estimate of drug-likeness (QED) is 0.613. The van der Waals surface area contributed by atoms with Crippen LogP contribution in [0.2, 0.25) is 0 Å². The highest BCUT2D eigenvalue weighted by atomic mass is 16.5. The molecule has 0 aliphatic rings. The van der Waals surface area contributed by atoms with Gasteiger partial charge in [-0.05, 0) is 42.3 Å². The van der Waals surface area contributed by atoms with Crippen LogP contribution in [0, 0.1) is 0 Å². The number of para-hydroxylation sites is 1. The number of amides is 1. The van der Waals surface area contributed by atoms with Gasteiger partial charge in [0.15, 0.2) is 6.61 Å². The number of esters is 1. The first-order valence-electron chi connectivity index (χ1n) is 9.05. The molecule has 0 fully saturated rings. The molecule has 27 heavy (non-hydrogen) atoms. The Bertz CT molecular complexity index is 935. The number of carbonyl (C=O) groups excluding carboxylic acids is 2. The Kier molecular flexibility index (Phi) is 5.87. The van der Waals surface area contributed by atoms with Crippen molar-refractivity contribution in [2.24, 2.45) is 0 Å². The summed E-state index contributed by atoms with van der Waals surface area (Å²) in [6.07, 6.45) is 0.144. The highest BCUT2D eigenvalue weighted by Crippen LogP contribution is 2.18. The molecule has 0 aliphatic heterocycles. The molecule has 0 radical (unpaired) electrons. The Balaban J connectivity index is 1.61. The third kappa shape index (κ3) is 4.73. The smallest absolute Gasteiger partial charge is 0.310 e. The van der Waals surface area contributed by atoms with Gasteiger partial charge in [0, 0.05) is 11.7 Å². The lowest BCUT2D eigenvalue weighted by molar-refractivity contribution is -0.147. The Morgan fingerprint density at radius 2 is 1.56 bits per heavy atom. The van der Waals surface area contributed by atoms with E-state index < -0.39 is 5.97 Å². The fourth-order valence-corrected chi connectivity index (χ4v) is 3.10. The number of fused-ring (bicyclic) bond motifs is 1. The van der Waals surface area contributed by atoms with Crippen LogP contribution in [0.4, 0.5) is 5.69 Å². The maximum atomic E-state index is 12.6. The molecular formula is C23H23NO3. The van der Waals surface area contributed by atoms with Crippen molar-refractivity contribution in [2.45, 2.75) is 26.3 Å². The van der Waals surface area contributed by atoms with Crippen LogP contribution >= 0.6 is 0 Å². The Hall–Kier alpha value is -3.14. The molecule has 0 aromatic heterocycles. The Morgan fingerprint density at radius 1 is 0.889 bits per heavy atom. The molecule has 0 saturated heterocycles. The molecule has 4 nitrogen and oxygen atoms in total. The third-order valence-corrected chi connectivity index (χ3v) is 4.34. The SMILES string of the molecule is CC(C)N(C(=O)COC(=O)Cc1ccc2ccccc2c1)c1ccccc1. The number of ether oxygens (including phenoxy) is 1. The van der Waals surface area contributed by atoms with Crippen molar-refractivity contribution in [3.05, 3.63) is 78.4 Å². The van der Waals surface area contributed by atoms with Gasteiger partial charge in [-0.1, -0.05) is 60.7 Å². The van der Waals surface area contributed by atoms with E-state index in [0.29, 0.717) is 0 Å². The van der Waals surface area contributed by atoms with Crippen molar-refractivity contribution in [3.63, 3.8) is 0 Å². The minimum absolute atomic E-state index is 0.0286. The second kappa shape index (κ2) is 8.49. The fourth-order valence-electron chi connectivity index (χ4n) is 3.10. The number of hydrogen-bond acceptors (Lipinski definition) is 3. The van der Waals surface area contributed by atoms with Gasteiger partial charge in [-0.15, -0.1) is 0 Å². The minimum atomic E-state index is -0.407. The van der Waals surface area contributed by atoms with Crippen LogP contribution in [0.15, 0.2) is 72.8 Å². The van der Waals surface area contributed by atoms with Gasteiger partial charge in [0.25, 0.3) is 5.91 Å². The number of nitrogens with zero attached hydrogens (tertiary/aromatic N) is 1. The lowest BCUT2D eigenvalue weighted by Gasteiger charge is -2.26. The lowest BCUT2D eigenvalue weighted by atomic mass is 10.1. The molecule has 138 valence electrons. The summed E-state index contributed by atoms with van der Waals surface area (Å²) >= 11 is 0. The average Bonchev–Trinajstić information content (AvgIpc) is 2.67. The van der Waals surface area contributed by atoms with Crippen LogP contribution in [-0.2, 0) is 20.7 Å². The largest absolute Gasteiger partial charge is 0.455 e. The molecule has 1 amide bonds. The summed E-state index contributed by atoms with van der Waals surface area (Å²) in [7, 11) is 0. The number of benzene rings is 3. The molecule has 0 heterocycles. The van der Waals surface area contributed by atoms with Crippen LogP contribution in [0.3, 0.4) is 0 Å². The molecule has 3 rings (SSSR count). The van der Waals surface area contributed by atoms with Crippen molar-refractivity contribution >= 4 is 28.3 Å². The van der Waals surface area contributed by atoms with E-state index in [0.717, 1.165) is 22.0 Å². The number of carbonyl (C=O) groups is 2. The van der Waals surface area contributed by atoms with Crippen molar-refractivity contribution in [3.8, 4) is 0 Å². The zero-order valence-corrected chi connectivity index (χ0v) is 15.6. The van der Waals surface area contributed by atoms with Crippen LogP contribution in [0.5, 0.6) is 0 Å². The summed E-state index contributed by atoms with van der Waals surface area (Å²) in [6, 6.07) is 23.2. The Labute approximate surface area is 159 Å². The van der Waals surface area contributed by atoms with Gasteiger partial charge in [-0.3, -0.25) is 9.59 Å². The van der Waals surface area contributed by atoms with E-state index in [1.807, 2.05) is 86.6 Å². The van der Waals surface area contributed by atoms with Crippen LogP contribution < -0.4 is 4.90 Å². The number of hydrogen-bond donors (Lipinski definition) is 0. The summed E-state index contributed by atoms with van der Waals surface area (Å²) in [6.45, 7) is 3.60. The van der Waals surface area contributed by atoms with Crippen molar-refractivity contribution in [2.75, 3.05) is 11.5 Å². The molecule has 3 aromatic rings. The number of anilines is 1. The van der Waals surface area contributed by atoms with Gasteiger partial charge in [0.2, 0.25) is 0 Å². The maximum Gasteiger partial charge on any atom is 0.310 e. The van der Waals surface area contributed by atoms with Gasteiger partial charge in [-0.25, -0.2) is 0 Å². The molecule has 0 atom stereocenters. The van der Waals surface area contributed by atoms with Crippen molar-refractivity contribution < 1.29 is 14.3 Å². The van der Waals surface area contributed by atoms with Crippen LogP contribution in [0.1, 0.15) is 19.4 Å². The summed E-state index contributed by atoms with van der Waals surface area (Å²) in [5.74, 6) is -0.640. The van der Waals surface area contributed by atoms with E-state index in [4.69, 9.17) is 4.74 Å². The minimum Gasteiger partial charge on any atom is -0.455 e. The van der Waals surface area contributed by atoms with Crippen LogP contribution in [-0.4, -0.2) is 24.5 Å². The molecular weight excluding hydrogens is 338 g/mol. The van der Waals surface area contributed by atoms with Gasteiger partial charge >= 0.3 is 5.97 Å². The molecule has 0 N–H and O–H groups in total. The van der Waals surface area contributed by atoms with E-state index in [9.17, 15) is 9.59 Å². The first-order chi connectivity index (χ1) is 13.0. The van der Waals surface area contributed by atoms with Gasteiger partial charge in [-0.2, -0.15) is 0 Å². The molecule has 0 aliphatic carbocycles. The zero-order valence-electron chi connectivity index (χ0n) is 15.6. The average molecular weight is 361 g/mol. The first kappa shape index (κ1) is 18.6. The molecule has 0 saturated carbocycles. The molecule has 0 unspecified atom stereocenters. The summed E-state index contributed by atoms with van der Waals surface area (Å²) < 4.78 is 5.24. The molecule has 0 bridgehead atoms. The topological polar surface area (TPSA) is 46.6 Å². The molecule has 3 aromatic carbocycles. The van der Waals surface area contributed by atoms with Gasteiger partial charge in [0.1, 0.15) is 0 Å². The summed E-state index contributed by atoms with van der Waals surface area (Å²) in [4.78, 5) is 26.4. The standard InChI is InChI=1S/C23H23NO3/c1-17(2)24(21-10-4-3-5-11-21)22(25)16-27-23(26)15-18-12-13-19-8-6-7-9-20(19)14-18/h3-14,17H,15-16H2,1-2H3. The fraction of sp³-hybridized carbons (Fsp3) is 0.217. The monoisotopic (exact) mass is 361 g/mol. The van der Waals surface area contributed by atoms with Crippen LogP contribution in [0.25, 0.3) is 10.8 Å². The molecule has 0 spiro atoms. The second-order valence-corrected chi connectivity index (χ2v) is 6.71. The van der Waals surface area contributed by atoms with Crippen molar-refractivity contribution in [1.82, 2.24) is 0 Å². The maximum absolute atomic E-state index is 12.6. The van der Waals surface area contributed by atoms with E-state index in [2.05, 4.69) is 0 Å². The highest BCUT2D eigenvalue weighted by Gasteiger charge is 2.20. The number of rotatable bonds is 6. The first-order valence-corrected chi connectivity index (χ1v) is 9.05. The lowest BCUT2D eigenvalue weighted by Crippen LogP contribution is -2.40. The second-order valence-electron chi connectivity index (χ2n) is 6.71. The Morgan fingerprint density at radius 3 is 2.26 bits per heavy atom. The predicted octanol–water partition coefficient (Wildman–Crippen LogP) is 4.37. The van der Waals surface area contributed by atoms with Gasteiger partial charge < -0.3 is 9.64 Å². The van der Waals surface area contributed by atoms with Crippen molar-refractivity contribution in [1.29, 1.82) is 0 Å². The third-order valence-electron chi connectivity index (χ3n) is 4.34. The normalized spacial score (nSPS) is 10.8. The summed E-state index contributed by atoms with van der Waals surface area (Å²) in [5, 5.41) is 2.20. The zero-order chi connectivity index (χ0) is 19.2. The highest BCUT2D eigenvalue weighted by molar-refractivity contribution is 5.95. The van der Waals surface area contributed by atoms with E-state index in [1.165, 1.54) is 0 Å².